The van der Waals surface area contributed by atoms with E-state index in [0.717, 1.165) is 43.7 Å². The molecule has 4 unspecified atom stereocenters. The summed E-state index contributed by atoms with van der Waals surface area (Å²) in [5.74, 6) is 3.52. The molecule has 0 aromatic carbocycles. The van der Waals surface area contributed by atoms with Gasteiger partial charge in [0.05, 0.1) is 0 Å². The second kappa shape index (κ2) is 7.42. The van der Waals surface area contributed by atoms with Crippen molar-refractivity contribution in [3.63, 3.8) is 0 Å². The summed E-state index contributed by atoms with van der Waals surface area (Å²) in [6.07, 6.45) is 7.12. The van der Waals surface area contributed by atoms with Gasteiger partial charge in [-0.05, 0) is 56.3 Å². The zero-order chi connectivity index (χ0) is 15.4. The first kappa shape index (κ1) is 16.5. The summed E-state index contributed by atoms with van der Waals surface area (Å²) in [6, 6.07) is 0. The average molecular weight is 293 g/mol. The van der Waals surface area contributed by atoms with Crippen LogP contribution in [0.3, 0.4) is 0 Å². The van der Waals surface area contributed by atoms with E-state index in [-0.39, 0.29) is 11.7 Å². The molecule has 2 fully saturated rings. The summed E-state index contributed by atoms with van der Waals surface area (Å²) in [5, 5.41) is 0. The highest BCUT2D eigenvalue weighted by atomic mass is 16.2. The normalized spacial score (nSPS) is 30.6. The van der Waals surface area contributed by atoms with Crippen LogP contribution in [0.5, 0.6) is 0 Å². The average Bonchev–Trinajstić information content (AvgIpc) is 3.03. The molecule has 2 aliphatic rings. The summed E-state index contributed by atoms with van der Waals surface area (Å²) in [4.78, 5) is 25.6. The Hall–Kier alpha value is -0.860. The number of hydrogen-bond acceptors (Lipinski definition) is 2. The van der Waals surface area contributed by atoms with Gasteiger partial charge >= 0.3 is 0 Å². The highest BCUT2D eigenvalue weighted by Crippen LogP contribution is 2.52. The number of carbonyl (C=O) groups is 2. The molecule has 0 N–H and O–H groups in total. The standard InChI is InChI=1S/C18H31NO2/c1-4-5-10-19(18(21)9-6-13(2)20)12-17-14(3)15-7-8-16(17)11-15/h14-17H,4-12H2,1-3H3. The van der Waals surface area contributed by atoms with Crippen LogP contribution in [-0.2, 0) is 9.59 Å². The smallest absolute Gasteiger partial charge is 0.223 e. The molecule has 0 heterocycles. The molecule has 4 atom stereocenters. The van der Waals surface area contributed by atoms with Crippen LogP contribution in [-0.4, -0.2) is 29.7 Å². The molecule has 3 nitrogen and oxygen atoms in total. The van der Waals surface area contributed by atoms with Crippen molar-refractivity contribution in [2.24, 2.45) is 23.7 Å². The molecule has 2 aliphatic carbocycles. The van der Waals surface area contributed by atoms with Crippen molar-refractivity contribution in [2.45, 2.75) is 65.7 Å². The number of nitrogens with zero attached hydrogens (tertiary/aromatic N) is 1. The Morgan fingerprint density at radius 2 is 1.86 bits per heavy atom. The van der Waals surface area contributed by atoms with Gasteiger partial charge in [-0.15, -0.1) is 0 Å². The summed E-state index contributed by atoms with van der Waals surface area (Å²) >= 11 is 0. The fraction of sp³-hybridized carbons (Fsp3) is 0.889. The Morgan fingerprint density at radius 3 is 2.43 bits per heavy atom. The van der Waals surface area contributed by atoms with E-state index in [0.29, 0.717) is 18.8 Å². The molecule has 2 bridgehead atoms. The summed E-state index contributed by atoms with van der Waals surface area (Å²) in [6.45, 7) is 7.92. The van der Waals surface area contributed by atoms with E-state index in [1.165, 1.54) is 19.3 Å². The van der Waals surface area contributed by atoms with Crippen LogP contribution in [0, 0.1) is 23.7 Å². The third-order valence-electron chi connectivity index (χ3n) is 5.79. The van der Waals surface area contributed by atoms with Gasteiger partial charge in [0.1, 0.15) is 5.78 Å². The van der Waals surface area contributed by atoms with Crippen molar-refractivity contribution in [3.8, 4) is 0 Å². The highest BCUT2D eigenvalue weighted by Gasteiger charge is 2.45. The van der Waals surface area contributed by atoms with Gasteiger partial charge in [0.15, 0.2) is 0 Å². The SMILES string of the molecule is CCCCN(CC1C2CCC(C2)C1C)C(=O)CCC(C)=O. The van der Waals surface area contributed by atoms with Crippen LogP contribution in [0.4, 0.5) is 0 Å². The molecule has 0 aromatic heterocycles. The Balaban J connectivity index is 1.92. The van der Waals surface area contributed by atoms with Gasteiger partial charge in [-0.2, -0.15) is 0 Å². The lowest BCUT2D eigenvalue weighted by molar-refractivity contribution is -0.134. The van der Waals surface area contributed by atoms with Crippen molar-refractivity contribution in [1.82, 2.24) is 4.90 Å². The zero-order valence-corrected chi connectivity index (χ0v) is 13.9. The number of rotatable bonds is 8. The van der Waals surface area contributed by atoms with Gasteiger partial charge in [-0.25, -0.2) is 0 Å². The molecule has 0 aromatic rings. The molecule has 21 heavy (non-hydrogen) atoms. The van der Waals surface area contributed by atoms with Gasteiger partial charge in [0.2, 0.25) is 5.91 Å². The van der Waals surface area contributed by atoms with E-state index in [2.05, 4.69) is 18.7 Å². The molecule has 2 rings (SSSR count). The molecule has 0 aliphatic heterocycles. The van der Waals surface area contributed by atoms with Crippen molar-refractivity contribution in [1.29, 1.82) is 0 Å². The Morgan fingerprint density at radius 1 is 1.14 bits per heavy atom. The topological polar surface area (TPSA) is 37.4 Å². The molecule has 2 saturated carbocycles. The predicted molar refractivity (Wildman–Crippen MR) is 84.9 cm³/mol. The lowest BCUT2D eigenvalue weighted by atomic mass is 9.80. The molecule has 0 spiro atoms. The predicted octanol–water partition coefficient (Wildman–Crippen LogP) is 3.67. The minimum atomic E-state index is 0.118. The summed E-state index contributed by atoms with van der Waals surface area (Å²) in [7, 11) is 0. The van der Waals surface area contributed by atoms with E-state index >= 15 is 0 Å². The number of ketones is 1. The first-order chi connectivity index (χ1) is 10.0. The third-order valence-corrected chi connectivity index (χ3v) is 5.79. The maximum absolute atomic E-state index is 12.4. The van der Waals surface area contributed by atoms with Gasteiger partial charge in [-0.3, -0.25) is 4.79 Å². The third kappa shape index (κ3) is 4.08. The Labute approximate surface area is 129 Å². The van der Waals surface area contributed by atoms with Crippen molar-refractivity contribution in [2.75, 3.05) is 13.1 Å². The Bertz CT molecular complexity index is 377. The lowest BCUT2D eigenvalue weighted by Crippen LogP contribution is -2.39. The van der Waals surface area contributed by atoms with E-state index in [9.17, 15) is 9.59 Å². The van der Waals surface area contributed by atoms with E-state index in [1.54, 1.807) is 6.92 Å². The minimum Gasteiger partial charge on any atom is -0.342 e. The molecule has 3 heteroatoms. The molecule has 0 saturated heterocycles. The van der Waals surface area contributed by atoms with Crippen LogP contribution < -0.4 is 0 Å². The first-order valence-electron chi connectivity index (χ1n) is 8.80. The Kier molecular flexibility index (Phi) is 5.83. The number of carbonyl (C=O) groups excluding carboxylic acids is 2. The van der Waals surface area contributed by atoms with Crippen molar-refractivity contribution < 1.29 is 9.59 Å². The number of fused-ring (bicyclic) bond motifs is 2. The molecular formula is C18H31NO2. The first-order valence-corrected chi connectivity index (χ1v) is 8.80. The van der Waals surface area contributed by atoms with Gasteiger partial charge in [-0.1, -0.05) is 20.3 Å². The van der Waals surface area contributed by atoms with Gasteiger partial charge in [0.25, 0.3) is 0 Å². The van der Waals surface area contributed by atoms with Crippen molar-refractivity contribution in [3.05, 3.63) is 0 Å². The van der Waals surface area contributed by atoms with Crippen molar-refractivity contribution >= 4 is 11.7 Å². The number of unbranched alkanes of at least 4 members (excludes halogenated alkanes) is 1. The quantitative estimate of drug-likeness (QED) is 0.685. The lowest BCUT2D eigenvalue weighted by Gasteiger charge is -2.34. The summed E-state index contributed by atoms with van der Waals surface area (Å²) in [5.41, 5.74) is 0. The van der Waals surface area contributed by atoms with E-state index in [1.807, 2.05) is 0 Å². The zero-order valence-electron chi connectivity index (χ0n) is 13.9. The van der Waals surface area contributed by atoms with Crippen LogP contribution in [0.15, 0.2) is 0 Å². The molecule has 0 radical (unpaired) electrons. The maximum Gasteiger partial charge on any atom is 0.223 e. The van der Waals surface area contributed by atoms with E-state index < -0.39 is 0 Å². The number of amides is 1. The second-order valence-electron chi connectivity index (χ2n) is 7.25. The largest absolute Gasteiger partial charge is 0.342 e. The van der Waals surface area contributed by atoms with E-state index in [4.69, 9.17) is 0 Å². The maximum atomic E-state index is 12.4. The van der Waals surface area contributed by atoms with Crippen LogP contribution >= 0.6 is 0 Å². The summed E-state index contributed by atoms with van der Waals surface area (Å²) < 4.78 is 0. The number of hydrogen-bond donors (Lipinski definition) is 0. The second-order valence-corrected chi connectivity index (χ2v) is 7.25. The van der Waals surface area contributed by atoms with Crippen LogP contribution in [0.1, 0.15) is 65.7 Å². The molecule has 1 amide bonds. The fourth-order valence-electron chi connectivity index (χ4n) is 4.38. The minimum absolute atomic E-state index is 0.118. The fourth-order valence-corrected chi connectivity index (χ4v) is 4.38. The highest BCUT2D eigenvalue weighted by molar-refractivity contribution is 5.83. The van der Waals surface area contributed by atoms with Gasteiger partial charge in [0, 0.05) is 25.9 Å². The van der Waals surface area contributed by atoms with Crippen LogP contribution in [0.2, 0.25) is 0 Å². The molecular weight excluding hydrogens is 262 g/mol. The number of Topliss-reactive ketones (excluding diaryl/α,β-unsaturated/α-hetero) is 1. The van der Waals surface area contributed by atoms with Gasteiger partial charge < -0.3 is 9.69 Å². The molecule has 120 valence electrons. The van der Waals surface area contributed by atoms with Crippen LogP contribution in [0.25, 0.3) is 0 Å². The monoisotopic (exact) mass is 293 g/mol.